The number of pyridine rings is 1. The van der Waals surface area contributed by atoms with Gasteiger partial charge in [-0.3, -0.25) is 19.8 Å². The van der Waals surface area contributed by atoms with Crippen molar-refractivity contribution >= 4 is 28.7 Å². The second-order valence-corrected chi connectivity index (χ2v) is 12.1. The number of nitrogens with zero attached hydrogens (tertiary/aromatic N) is 4. The third-order valence-electron chi connectivity index (χ3n) is 8.06. The molecule has 1 unspecified atom stereocenters. The molecule has 44 heavy (non-hydrogen) atoms. The first kappa shape index (κ1) is 29.4. The zero-order chi connectivity index (χ0) is 30.8. The van der Waals surface area contributed by atoms with Crippen molar-refractivity contribution in [2.24, 2.45) is 5.92 Å². The van der Waals surface area contributed by atoms with Crippen molar-refractivity contribution in [3.8, 4) is 22.6 Å². The van der Waals surface area contributed by atoms with E-state index in [-0.39, 0.29) is 17.6 Å². The Kier molecular flexibility index (Phi) is 8.34. The summed E-state index contributed by atoms with van der Waals surface area (Å²) in [5, 5.41) is 19.7. The highest BCUT2D eigenvalue weighted by Gasteiger charge is 2.23. The number of aromatic nitrogens is 5. The van der Waals surface area contributed by atoms with Crippen molar-refractivity contribution in [2.75, 3.05) is 18.4 Å². The summed E-state index contributed by atoms with van der Waals surface area (Å²) in [7, 11) is 0. The molecule has 4 heterocycles. The van der Waals surface area contributed by atoms with Gasteiger partial charge in [0.1, 0.15) is 11.5 Å². The van der Waals surface area contributed by atoms with Crippen LogP contribution in [-0.2, 0) is 11.3 Å². The Morgan fingerprint density at radius 1 is 1.11 bits per heavy atom. The predicted molar refractivity (Wildman–Crippen MR) is 171 cm³/mol. The molecule has 1 amide bonds. The number of halogens is 1. The van der Waals surface area contributed by atoms with Crippen LogP contribution in [0.4, 0.5) is 10.1 Å². The SMILES string of the molecule is Cc1[nH]c(-c2n[nH]c3ccc(-c4cncc(NC(=O)CC(C)C)c4)cc23)nc1C(C=N)c1cc(F)cc(CN2CCCC2)c1. The van der Waals surface area contributed by atoms with Crippen LogP contribution in [0.3, 0.4) is 0 Å². The highest BCUT2D eigenvalue weighted by molar-refractivity contribution is 5.95. The fourth-order valence-corrected chi connectivity index (χ4v) is 5.99. The molecule has 1 saturated heterocycles. The molecule has 1 aliphatic rings. The number of anilines is 1. The van der Waals surface area contributed by atoms with Gasteiger partial charge in [-0.25, -0.2) is 9.37 Å². The summed E-state index contributed by atoms with van der Waals surface area (Å²) in [6.07, 6.45) is 7.51. The third kappa shape index (κ3) is 6.30. The van der Waals surface area contributed by atoms with E-state index in [2.05, 4.69) is 30.4 Å². The standard InChI is InChI=1S/C34H37FN8O/c1-20(2)10-31(44)39-27-14-25(17-37-18-27)23-6-7-30-28(15-23)33(42-41-30)34-38-21(3)32(40-34)29(16-36)24-11-22(12-26(35)13-24)19-43-8-4-5-9-43/h6-7,11-18,20,29,36H,4-5,8-10,19H2,1-3H3,(H,38,40)(H,39,44)(H,41,42). The number of H-pyrrole nitrogens is 2. The Balaban J connectivity index is 1.30. The molecular formula is C34H37FN8O. The summed E-state index contributed by atoms with van der Waals surface area (Å²) in [6.45, 7) is 8.68. The first-order valence-electron chi connectivity index (χ1n) is 15.1. The van der Waals surface area contributed by atoms with Gasteiger partial charge >= 0.3 is 0 Å². The van der Waals surface area contributed by atoms with Gasteiger partial charge in [0.15, 0.2) is 5.82 Å². The minimum Gasteiger partial charge on any atom is -0.340 e. The number of carbonyl (C=O) groups excluding carboxylic acids is 1. The molecular weight excluding hydrogens is 555 g/mol. The highest BCUT2D eigenvalue weighted by Crippen LogP contribution is 2.33. The zero-order valence-electron chi connectivity index (χ0n) is 25.2. The number of nitrogens with one attached hydrogen (secondary N) is 4. The summed E-state index contributed by atoms with van der Waals surface area (Å²) in [4.78, 5) is 27.3. The Morgan fingerprint density at radius 2 is 1.93 bits per heavy atom. The number of imidazole rings is 1. The maximum Gasteiger partial charge on any atom is 0.224 e. The fraction of sp³-hybridized carbons (Fsp3) is 0.324. The summed E-state index contributed by atoms with van der Waals surface area (Å²) in [6, 6.07) is 12.9. The monoisotopic (exact) mass is 592 g/mol. The first-order chi connectivity index (χ1) is 21.3. The van der Waals surface area contributed by atoms with Gasteiger partial charge in [-0.1, -0.05) is 26.0 Å². The van der Waals surface area contributed by atoms with E-state index in [0.717, 1.165) is 46.4 Å². The zero-order valence-corrected chi connectivity index (χ0v) is 25.2. The lowest BCUT2D eigenvalue weighted by Crippen LogP contribution is -2.18. The number of carbonyl (C=O) groups is 1. The summed E-state index contributed by atoms with van der Waals surface area (Å²) < 4.78 is 14.8. The van der Waals surface area contributed by atoms with E-state index in [1.165, 1.54) is 25.1 Å². The number of benzene rings is 2. The second-order valence-electron chi connectivity index (χ2n) is 12.1. The molecule has 1 aliphatic heterocycles. The molecule has 226 valence electrons. The van der Waals surface area contributed by atoms with Crippen molar-refractivity contribution in [2.45, 2.75) is 52.5 Å². The molecule has 1 atom stereocenters. The topological polar surface area (TPSA) is 126 Å². The van der Waals surface area contributed by atoms with Gasteiger partial charge in [0.25, 0.3) is 0 Å². The van der Waals surface area contributed by atoms with Crippen LogP contribution in [0.25, 0.3) is 33.5 Å². The Hall–Kier alpha value is -4.70. The average molecular weight is 593 g/mol. The maximum absolute atomic E-state index is 14.8. The molecule has 5 aromatic rings. The van der Waals surface area contributed by atoms with E-state index in [1.807, 2.05) is 51.1 Å². The third-order valence-corrected chi connectivity index (χ3v) is 8.06. The molecule has 0 bridgehead atoms. The molecule has 6 rings (SSSR count). The molecule has 4 N–H and O–H groups in total. The minimum atomic E-state index is -0.506. The number of aryl methyl sites for hydroxylation is 1. The van der Waals surface area contributed by atoms with Crippen LogP contribution in [0.2, 0.25) is 0 Å². The summed E-state index contributed by atoms with van der Waals surface area (Å²) in [5.74, 6) is -0.0253. The number of hydrogen-bond donors (Lipinski definition) is 4. The van der Waals surface area contributed by atoms with Crippen LogP contribution in [0.1, 0.15) is 61.5 Å². The Morgan fingerprint density at radius 3 is 2.70 bits per heavy atom. The summed E-state index contributed by atoms with van der Waals surface area (Å²) >= 11 is 0. The van der Waals surface area contributed by atoms with Crippen molar-refractivity contribution in [3.63, 3.8) is 0 Å². The largest absolute Gasteiger partial charge is 0.340 e. The number of aromatic amines is 2. The lowest BCUT2D eigenvalue weighted by atomic mass is 9.94. The Bertz CT molecular complexity index is 1820. The highest BCUT2D eigenvalue weighted by atomic mass is 19.1. The smallest absolute Gasteiger partial charge is 0.224 e. The lowest BCUT2D eigenvalue weighted by molar-refractivity contribution is -0.116. The molecule has 0 aliphatic carbocycles. The van der Waals surface area contributed by atoms with Crippen molar-refractivity contribution < 1.29 is 9.18 Å². The predicted octanol–water partition coefficient (Wildman–Crippen LogP) is 6.82. The van der Waals surface area contributed by atoms with E-state index in [0.29, 0.717) is 41.4 Å². The fourth-order valence-electron chi connectivity index (χ4n) is 5.99. The molecule has 10 heteroatoms. The minimum absolute atomic E-state index is 0.0419. The number of rotatable bonds is 10. The number of fused-ring (bicyclic) bond motifs is 1. The van der Waals surface area contributed by atoms with Crippen LogP contribution in [0.5, 0.6) is 0 Å². The lowest BCUT2D eigenvalue weighted by Gasteiger charge is -2.17. The van der Waals surface area contributed by atoms with Gasteiger partial charge in [0.05, 0.1) is 29.0 Å². The van der Waals surface area contributed by atoms with Crippen LogP contribution < -0.4 is 5.32 Å². The van der Waals surface area contributed by atoms with Gasteiger partial charge in [0, 0.05) is 42.0 Å². The van der Waals surface area contributed by atoms with Gasteiger partial charge in [-0.2, -0.15) is 5.10 Å². The van der Waals surface area contributed by atoms with Crippen LogP contribution >= 0.6 is 0 Å². The molecule has 2 aromatic carbocycles. The van der Waals surface area contributed by atoms with Crippen molar-refractivity contribution in [1.82, 2.24) is 30.0 Å². The molecule has 9 nitrogen and oxygen atoms in total. The van der Waals surface area contributed by atoms with Gasteiger partial charge < -0.3 is 15.7 Å². The van der Waals surface area contributed by atoms with Gasteiger partial charge in [-0.05, 0) is 85.8 Å². The average Bonchev–Trinajstić information content (AvgIpc) is 3.73. The molecule has 0 saturated carbocycles. The van der Waals surface area contributed by atoms with Crippen molar-refractivity contribution in [1.29, 1.82) is 5.41 Å². The quantitative estimate of drug-likeness (QED) is 0.132. The van der Waals surface area contributed by atoms with E-state index in [4.69, 9.17) is 10.4 Å². The van der Waals surface area contributed by atoms with Crippen LogP contribution in [-0.4, -0.2) is 55.3 Å². The molecule has 0 radical (unpaired) electrons. The van der Waals surface area contributed by atoms with E-state index in [1.54, 1.807) is 18.5 Å². The second kappa shape index (κ2) is 12.5. The normalized spacial score (nSPS) is 14.4. The molecule has 0 spiro atoms. The maximum atomic E-state index is 14.8. The van der Waals surface area contributed by atoms with Gasteiger partial charge in [0.2, 0.25) is 5.91 Å². The number of hydrogen-bond acceptors (Lipinski definition) is 6. The van der Waals surface area contributed by atoms with Gasteiger partial charge in [-0.15, -0.1) is 0 Å². The van der Waals surface area contributed by atoms with E-state index in [9.17, 15) is 9.18 Å². The Labute approximate surface area is 255 Å². The molecule has 1 fully saturated rings. The summed E-state index contributed by atoms with van der Waals surface area (Å²) in [5.41, 5.74) is 6.97. The first-order valence-corrected chi connectivity index (χ1v) is 15.1. The van der Waals surface area contributed by atoms with Crippen LogP contribution in [0, 0.1) is 24.1 Å². The number of likely N-dealkylation sites (tertiary alicyclic amines) is 1. The molecule has 3 aromatic heterocycles. The van der Waals surface area contributed by atoms with Crippen LogP contribution in [0.15, 0.2) is 54.9 Å². The van der Waals surface area contributed by atoms with E-state index < -0.39 is 5.92 Å². The number of amides is 1. The van der Waals surface area contributed by atoms with Crippen molar-refractivity contribution in [3.05, 3.63) is 83.2 Å². The van der Waals surface area contributed by atoms with E-state index >= 15 is 0 Å².